The lowest BCUT2D eigenvalue weighted by Gasteiger charge is -2.21. The maximum Gasteiger partial charge on any atom is 0.218 e. The Kier molecular flexibility index (Phi) is 4.67. The van der Waals surface area contributed by atoms with Gasteiger partial charge in [-0.15, -0.1) is 11.3 Å². The van der Waals surface area contributed by atoms with Crippen molar-refractivity contribution in [1.82, 2.24) is 0 Å². The average molecular weight is 435 g/mol. The Balaban J connectivity index is 1.64. The van der Waals surface area contributed by atoms with Gasteiger partial charge >= 0.3 is 0 Å². The van der Waals surface area contributed by atoms with Crippen LogP contribution in [0.5, 0.6) is 0 Å². The molecule has 4 nitrogen and oxygen atoms in total. The molecule has 2 aliphatic heterocycles. The predicted molar refractivity (Wildman–Crippen MR) is 131 cm³/mol. The zero-order valence-electron chi connectivity index (χ0n) is 19.2. The Bertz CT molecular complexity index is 1130. The highest BCUT2D eigenvalue weighted by atomic mass is 32.1. The summed E-state index contributed by atoms with van der Waals surface area (Å²) in [5, 5.41) is 2.46. The summed E-state index contributed by atoms with van der Waals surface area (Å²) in [5.41, 5.74) is 2.34. The Morgan fingerprint density at radius 2 is 1.13 bits per heavy atom. The molecule has 0 aliphatic carbocycles. The van der Waals surface area contributed by atoms with Gasteiger partial charge in [-0.3, -0.25) is 0 Å². The Labute approximate surface area is 188 Å². The summed E-state index contributed by atoms with van der Waals surface area (Å²) >= 11 is 1.78. The van der Waals surface area contributed by atoms with Gasteiger partial charge in [-0.25, -0.2) is 9.98 Å². The van der Waals surface area contributed by atoms with Gasteiger partial charge < -0.3 is 9.47 Å². The van der Waals surface area contributed by atoms with Gasteiger partial charge in [0.05, 0.1) is 23.2 Å². The van der Waals surface area contributed by atoms with E-state index in [1.54, 1.807) is 11.3 Å². The normalized spacial score (nSPS) is 21.9. The molecule has 0 radical (unpaired) electrons. The molecule has 0 amide bonds. The maximum absolute atomic E-state index is 6.07. The highest BCUT2D eigenvalue weighted by molar-refractivity contribution is 7.26. The van der Waals surface area contributed by atoms with Crippen LogP contribution in [-0.2, 0) is 9.47 Å². The minimum Gasteiger partial charge on any atom is -0.475 e. The van der Waals surface area contributed by atoms with Crippen molar-refractivity contribution in [2.24, 2.45) is 20.8 Å². The van der Waals surface area contributed by atoms with Crippen LogP contribution in [0, 0.1) is 10.8 Å². The van der Waals surface area contributed by atoms with Crippen molar-refractivity contribution < 1.29 is 9.47 Å². The first-order valence-electron chi connectivity index (χ1n) is 11.0. The predicted octanol–water partition coefficient (Wildman–Crippen LogP) is 6.44. The van der Waals surface area contributed by atoms with E-state index in [2.05, 4.69) is 77.9 Å². The minimum absolute atomic E-state index is 0.0878. The highest BCUT2D eigenvalue weighted by Crippen LogP contribution is 2.40. The molecular weight excluding hydrogens is 404 g/mol. The quantitative estimate of drug-likeness (QED) is 0.466. The summed E-state index contributed by atoms with van der Waals surface area (Å²) in [5.74, 6) is 1.53. The van der Waals surface area contributed by atoms with Crippen molar-refractivity contribution in [3.05, 3.63) is 47.5 Å². The standard InChI is InChI=1S/C26H30N2O2S/c1-25(2,3)19-13-29-23(27-19)17-11-7-9-15-16-10-8-12-18(22(16)31-21(15)17)24-28-20(14-30-24)26(4,5)6/h7-12,19-20H,13-14H2,1-6H3/t19-,20-/m0/s1. The molecule has 0 fully saturated rings. The van der Waals surface area contributed by atoms with Crippen molar-refractivity contribution in [3.63, 3.8) is 0 Å². The number of aliphatic imine (C=N–C) groups is 2. The summed E-state index contributed by atoms with van der Waals surface area (Å²) < 4.78 is 14.6. The van der Waals surface area contributed by atoms with E-state index < -0.39 is 0 Å². The average Bonchev–Trinajstić information content (AvgIpc) is 3.43. The molecule has 31 heavy (non-hydrogen) atoms. The number of thiophene rings is 1. The third kappa shape index (κ3) is 3.53. The molecule has 5 heteroatoms. The molecule has 162 valence electrons. The lowest BCUT2D eigenvalue weighted by molar-refractivity contribution is 0.235. The van der Waals surface area contributed by atoms with E-state index in [0.29, 0.717) is 13.2 Å². The zero-order valence-corrected chi connectivity index (χ0v) is 20.0. The van der Waals surface area contributed by atoms with Gasteiger partial charge in [-0.1, -0.05) is 65.8 Å². The second-order valence-electron chi connectivity index (χ2n) is 10.7. The Morgan fingerprint density at radius 1 is 0.710 bits per heavy atom. The van der Waals surface area contributed by atoms with Crippen molar-refractivity contribution >= 4 is 43.3 Å². The Morgan fingerprint density at radius 3 is 1.48 bits per heavy atom. The molecular formula is C26H30N2O2S. The second-order valence-corrected chi connectivity index (χ2v) is 11.7. The Hall–Kier alpha value is -2.40. The van der Waals surface area contributed by atoms with E-state index in [9.17, 15) is 0 Å². The number of hydrogen-bond acceptors (Lipinski definition) is 5. The molecule has 0 unspecified atom stereocenters. The molecule has 5 rings (SSSR count). The van der Waals surface area contributed by atoms with E-state index >= 15 is 0 Å². The lowest BCUT2D eigenvalue weighted by atomic mass is 9.88. The second kappa shape index (κ2) is 7.06. The van der Waals surface area contributed by atoms with E-state index in [1.165, 1.54) is 20.2 Å². The first-order valence-corrected chi connectivity index (χ1v) is 11.8. The van der Waals surface area contributed by atoms with Crippen LogP contribution >= 0.6 is 11.3 Å². The first-order chi connectivity index (χ1) is 14.6. The van der Waals surface area contributed by atoms with Crippen molar-refractivity contribution in [3.8, 4) is 0 Å². The van der Waals surface area contributed by atoms with Crippen LogP contribution in [0.1, 0.15) is 52.7 Å². The number of fused-ring (bicyclic) bond motifs is 3. The number of ether oxygens (including phenoxy) is 2. The summed E-state index contributed by atoms with van der Waals surface area (Å²) in [6.45, 7) is 14.6. The zero-order chi connectivity index (χ0) is 22.0. The third-order valence-corrected chi connectivity index (χ3v) is 7.57. The topological polar surface area (TPSA) is 43.2 Å². The van der Waals surface area contributed by atoms with Gasteiger partial charge in [0.1, 0.15) is 13.2 Å². The van der Waals surface area contributed by atoms with Crippen LogP contribution < -0.4 is 0 Å². The van der Waals surface area contributed by atoms with Crippen molar-refractivity contribution in [1.29, 1.82) is 0 Å². The van der Waals surface area contributed by atoms with Crippen LogP contribution in [-0.4, -0.2) is 37.1 Å². The van der Waals surface area contributed by atoms with E-state index in [-0.39, 0.29) is 22.9 Å². The van der Waals surface area contributed by atoms with Gasteiger partial charge in [-0.05, 0) is 23.0 Å². The van der Waals surface area contributed by atoms with Gasteiger partial charge in [0.25, 0.3) is 0 Å². The SMILES string of the molecule is CC(C)(C)[C@@H]1COC(c2cccc3c2sc2c(C4=N[C@H](C(C)(C)C)CO4)cccc23)=N1. The molecule has 0 bridgehead atoms. The van der Waals surface area contributed by atoms with Gasteiger partial charge in [0.15, 0.2) is 0 Å². The van der Waals surface area contributed by atoms with Crippen molar-refractivity contribution in [2.75, 3.05) is 13.2 Å². The van der Waals surface area contributed by atoms with Crippen LogP contribution in [0.15, 0.2) is 46.4 Å². The van der Waals surface area contributed by atoms with Crippen molar-refractivity contribution in [2.45, 2.75) is 53.6 Å². The lowest BCUT2D eigenvalue weighted by Crippen LogP contribution is -2.25. The highest BCUT2D eigenvalue weighted by Gasteiger charge is 2.33. The molecule has 2 atom stereocenters. The fraction of sp³-hybridized carbons (Fsp3) is 0.462. The van der Waals surface area contributed by atoms with Gasteiger partial charge in [-0.2, -0.15) is 0 Å². The van der Waals surface area contributed by atoms with Crippen LogP contribution in [0.3, 0.4) is 0 Å². The fourth-order valence-corrected chi connectivity index (χ4v) is 5.40. The van der Waals surface area contributed by atoms with Crippen LogP contribution in [0.4, 0.5) is 0 Å². The third-order valence-electron chi connectivity index (χ3n) is 6.29. The van der Waals surface area contributed by atoms with Gasteiger partial charge in [0, 0.05) is 20.2 Å². The number of nitrogens with zero attached hydrogens (tertiary/aromatic N) is 2. The molecule has 1 aromatic heterocycles. The molecule has 0 N–H and O–H groups in total. The minimum atomic E-state index is 0.0878. The number of hydrogen-bond donors (Lipinski definition) is 0. The molecule has 0 saturated carbocycles. The van der Waals surface area contributed by atoms with E-state index in [0.717, 1.165) is 22.9 Å². The van der Waals surface area contributed by atoms with Gasteiger partial charge in [0.2, 0.25) is 11.8 Å². The molecule has 0 spiro atoms. The first kappa shape index (κ1) is 20.5. The fourth-order valence-electron chi connectivity index (χ4n) is 4.09. The molecule has 3 aromatic rings. The summed E-state index contributed by atoms with van der Waals surface area (Å²) in [7, 11) is 0. The molecule has 0 saturated heterocycles. The largest absolute Gasteiger partial charge is 0.475 e. The molecule has 2 aromatic carbocycles. The van der Waals surface area contributed by atoms with Crippen LogP contribution in [0.25, 0.3) is 20.2 Å². The number of rotatable bonds is 2. The number of benzene rings is 2. The van der Waals surface area contributed by atoms with Crippen LogP contribution in [0.2, 0.25) is 0 Å². The summed E-state index contributed by atoms with van der Waals surface area (Å²) in [6, 6.07) is 13.2. The monoisotopic (exact) mass is 434 g/mol. The van der Waals surface area contributed by atoms with E-state index in [1.807, 2.05) is 0 Å². The van der Waals surface area contributed by atoms with E-state index in [4.69, 9.17) is 19.5 Å². The smallest absolute Gasteiger partial charge is 0.218 e. The maximum atomic E-state index is 6.07. The molecule has 3 heterocycles. The summed E-state index contributed by atoms with van der Waals surface area (Å²) in [4.78, 5) is 9.88. The molecule has 2 aliphatic rings. The summed E-state index contributed by atoms with van der Waals surface area (Å²) in [6.07, 6.45) is 0.